The van der Waals surface area contributed by atoms with Crippen LogP contribution in [0.25, 0.3) is 0 Å². The smallest absolute Gasteiger partial charge is 0.309 e. The molecule has 3 rings (SSSR count). The van der Waals surface area contributed by atoms with E-state index in [0.29, 0.717) is 0 Å². The Morgan fingerprint density at radius 2 is 1.35 bits per heavy atom. The molecule has 0 N–H and O–H groups in total. The number of esters is 1. The molecular formula is C28H51NO2. The van der Waals surface area contributed by atoms with Crippen molar-refractivity contribution in [3.63, 3.8) is 0 Å². The standard InChI is InChI=1S/C28H51NO2/c1-3-5-6-7-8-10-24-19-21-29(22-20-24)26-15-17-27(18-16-26)31-28(30)25-13-11-23(9-4-2)12-14-25/h23-27H,3-22H2,1-2H3/t23-,25-,26?,27?. The lowest BCUT2D eigenvalue weighted by Crippen LogP contribution is -2.44. The molecule has 2 saturated carbocycles. The molecular weight excluding hydrogens is 382 g/mol. The Kier molecular flexibility index (Phi) is 11.2. The number of carbonyl (C=O) groups excluding carboxylic acids is 1. The summed E-state index contributed by atoms with van der Waals surface area (Å²) in [6.45, 7) is 7.17. The third-order valence-electron chi connectivity index (χ3n) is 8.69. The Labute approximate surface area is 193 Å². The van der Waals surface area contributed by atoms with E-state index < -0.39 is 0 Å². The lowest BCUT2D eigenvalue weighted by atomic mass is 9.80. The summed E-state index contributed by atoms with van der Waals surface area (Å²) in [7, 11) is 0. The van der Waals surface area contributed by atoms with E-state index in [1.165, 1.54) is 103 Å². The number of hydrogen-bond acceptors (Lipinski definition) is 3. The van der Waals surface area contributed by atoms with Gasteiger partial charge in [-0.25, -0.2) is 0 Å². The Bertz CT molecular complexity index is 483. The van der Waals surface area contributed by atoms with Crippen molar-refractivity contribution in [2.45, 2.75) is 142 Å². The number of carbonyl (C=O) groups is 1. The van der Waals surface area contributed by atoms with E-state index in [1.807, 2.05) is 0 Å². The van der Waals surface area contributed by atoms with Crippen LogP contribution in [0.1, 0.15) is 129 Å². The second-order valence-electron chi connectivity index (χ2n) is 11.1. The second-order valence-corrected chi connectivity index (χ2v) is 11.1. The van der Waals surface area contributed by atoms with E-state index in [0.717, 1.165) is 43.6 Å². The number of ether oxygens (including phenoxy) is 1. The molecule has 180 valence electrons. The number of hydrogen-bond donors (Lipinski definition) is 0. The lowest BCUT2D eigenvalue weighted by molar-refractivity contribution is -0.157. The van der Waals surface area contributed by atoms with Crippen LogP contribution in [-0.2, 0) is 9.53 Å². The van der Waals surface area contributed by atoms with Crippen molar-refractivity contribution in [1.29, 1.82) is 0 Å². The average Bonchev–Trinajstić information content (AvgIpc) is 2.81. The fourth-order valence-corrected chi connectivity index (χ4v) is 6.53. The first kappa shape index (κ1) is 25.1. The van der Waals surface area contributed by atoms with Gasteiger partial charge in [-0.1, -0.05) is 65.2 Å². The summed E-state index contributed by atoms with van der Waals surface area (Å²) in [5, 5.41) is 0. The minimum Gasteiger partial charge on any atom is -0.462 e. The van der Waals surface area contributed by atoms with Gasteiger partial charge < -0.3 is 9.64 Å². The highest BCUT2D eigenvalue weighted by atomic mass is 16.5. The largest absolute Gasteiger partial charge is 0.462 e. The zero-order chi connectivity index (χ0) is 21.9. The fourth-order valence-electron chi connectivity index (χ4n) is 6.53. The van der Waals surface area contributed by atoms with Crippen LogP contribution in [-0.4, -0.2) is 36.1 Å². The Morgan fingerprint density at radius 3 is 2.00 bits per heavy atom. The third kappa shape index (κ3) is 8.37. The zero-order valence-electron chi connectivity index (χ0n) is 20.8. The summed E-state index contributed by atoms with van der Waals surface area (Å²) in [6.07, 6.45) is 23.4. The first-order valence-corrected chi connectivity index (χ1v) is 14.1. The van der Waals surface area contributed by atoms with Crippen LogP contribution in [0, 0.1) is 17.8 Å². The van der Waals surface area contributed by atoms with Crippen molar-refractivity contribution in [2.75, 3.05) is 13.1 Å². The summed E-state index contributed by atoms with van der Waals surface area (Å²) in [4.78, 5) is 15.4. The van der Waals surface area contributed by atoms with Gasteiger partial charge in [0, 0.05) is 6.04 Å². The minimum absolute atomic E-state index is 0.123. The van der Waals surface area contributed by atoms with Crippen LogP contribution in [0.15, 0.2) is 0 Å². The zero-order valence-corrected chi connectivity index (χ0v) is 20.8. The molecule has 1 aliphatic heterocycles. The third-order valence-corrected chi connectivity index (χ3v) is 8.69. The van der Waals surface area contributed by atoms with Crippen molar-refractivity contribution in [3.05, 3.63) is 0 Å². The number of likely N-dealkylation sites (tertiary alicyclic amines) is 1. The molecule has 0 bridgehead atoms. The molecule has 3 heteroatoms. The average molecular weight is 434 g/mol. The maximum Gasteiger partial charge on any atom is 0.309 e. The summed E-state index contributed by atoms with van der Waals surface area (Å²) >= 11 is 0. The molecule has 0 aromatic rings. The molecule has 0 spiro atoms. The minimum atomic E-state index is 0.123. The van der Waals surface area contributed by atoms with E-state index in [2.05, 4.69) is 18.7 Å². The fraction of sp³-hybridized carbons (Fsp3) is 0.964. The van der Waals surface area contributed by atoms with Gasteiger partial charge in [0.05, 0.1) is 5.92 Å². The maximum atomic E-state index is 12.7. The SMILES string of the molecule is CCCCCCCC1CCN(C2CCC(OC(=O)[C@H]3CC[C@H](CCC)CC3)CC2)CC1. The molecule has 1 heterocycles. The quantitative estimate of drug-likeness (QED) is 0.249. The van der Waals surface area contributed by atoms with Crippen molar-refractivity contribution in [1.82, 2.24) is 4.90 Å². The molecule has 31 heavy (non-hydrogen) atoms. The maximum absolute atomic E-state index is 12.7. The number of piperidine rings is 1. The van der Waals surface area contributed by atoms with E-state index in [1.54, 1.807) is 0 Å². The van der Waals surface area contributed by atoms with Crippen LogP contribution < -0.4 is 0 Å². The van der Waals surface area contributed by atoms with Crippen molar-refractivity contribution < 1.29 is 9.53 Å². The van der Waals surface area contributed by atoms with Gasteiger partial charge in [-0.2, -0.15) is 0 Å². The van der Waals surface area contributed by atoms with Crippen LogP contribution in [0.3, 0.4) is 0 Å². The van der Waals surface area contributed by atoms with Crippen LogP contribution in [0.5, 0.6) is 0 Å². The summed E-state index contributed by atoms with van der Waals surface area (Å²) in [5.74, 6) is 2.14. The van der Waals surface area contributed by atoms with Crippen molar-refractivity contribution in [2.24, 2.45) is 17.8 Å². The molecule has 2 aliphatic carbocycles. The highest BCUT2D eigenvalue weighted by Gasteiger charge is 2.32. The molecule has 0 unspecified atom stereocenters. The predicted octanol–water partition coefficient (Wildman–Crippen LogP) is 7.52. The van der Waals surface area contributed by atoms with Crippen LogP contribution in [0.4, 0.5) is 0 Å². The highest BCUT2D eigenvalue weighted by molar-refractivity contribution is 5.72. The van der Waals surface area contributed by atoms with E-state index in [4.69, 9.17) is 4.74 Å². The van der Waals surface area contributed by atoms with Crippen LogP contribution >= 0.6 is 0 Å². The molecule has 0 amide bonds. The van der Waals surface area contributed by atoms with Crippen molar-refractivity contribution >= 4 is 5.97 Å². The predicted molar refractivity (Wildman–Crippen MR) is 130 cm³/mol. The number of unbranched alkanes of at least 4 members (excludes halogenated alkanes) is 4. The molecule has 3 fully saturated rings. The lowest BCUT2D eigenvalue weighted by Gasteiger charge is -2.41. The summed E-state index contributed by atoms with van der Waals surface area (Å²) < 4.78 is 5.99. The van der Waals surface area contributed by atoms with E-state index in [9.17, 15) is 4.79 Å². The summed E-state index contributed by atoms with van der Waals surface area (Å²) in [5.41, 5.74) is 0. The first-order chi connectivity index (χ1) is 15.2. The summed E-state index contributed by atoms with van der Waals surface area (Å²) in [6, 6.07) is 0.741. The normalized spacial score (nSPS) is 30.9. The van der Waals surface area contributed by atoms with E-state index in [-0.39, 0.29) is 18.0 Å². The Balaban J connectivity index is 1.27. The van der Waals surface area contributed by atoms with Gasteiger partial charge in [0.2, 0.25) is 0 Å². The molecule has 0 radical (unpaired) electrons. The molecule has 0 aromatic heterocycles. The molecule has 1 saturated heterocycles. The van der Waals surface area contributed by atoms with Gasteiger partial charge in [-0.15, -0.1) is 0 Å². The Hall–Kier alpha value is -0.570. The number of nitrogens with zero attached hydrogens (tertiary/aromatic N) is 1. The van der Waals surface area contributed by atoms with Gasteiger partial charge in [0.1, 0.15) is 6.10 Å². The van der Waals surface area contributed by atoms with Crippen molar-refractivity contribution in [3.8, 4) is 0 Å². The monoisotopic (exact) mass is 433 g/mol. The van der Waals surface area contributed by atoms with Gasteiger partial charge >= 0.3 is 5.97 Å². The molecule has 0 aromatic carbocycles. The molecule has 3 aliphatic rings. The van der Waals surface area contributed by atoms with E-state index >= 15 is 0 Å². The number of rotatable bonds is 11. The van der Waals surface area contributed by atoms with Gasteiger partial charge in [0.25, 0.3) is 0 Å². The Morgan fingerprint density at radius 1 is 0.710 bits per heavy atom. The van der Waals surface area contributed by atoms with Crippen LogP contribution in [0.2, 0.25) is 0 Å². The highest BCUT2D eigenvalue weighted by Crippen LogP contribution is 2.34. The van der Waals surface area contributed by atoms with Gasteiger partial charge in [-0.05, 0) is 89.1 Å². The first-order valence-electron chi connectivity index (χ1n) is 14.1. The topological polar surface area (TPSA) is 29.5 Å². The van der Waals surface area contributed by atoms with Gasteiger partial charge in [0.15, 0.2) is 0 Å². The second kappa shape index (κ2) is 13.9. The molecule has 0 atom stereocenters. The van der Waals surface area contributed by atoms with Gasteiger partial charge in [-0.3, -0.25) is 4.79 Å². The molecule has 3 nitrogen and oxygen atoms in total.